The van der Waals surface area contributed by atoms with Gasteiger partial charge in [-0.25, -0.2) is 4.98 Å². The van der Waals surface area contributed by atoms with E-state index in [1.807, 2.05) is 24.3 Å². The zero-order valence-electron chi connectivity index (χ0n) is 11.5. The Bertz CT molecular complexity index is 595. The maximum atomic E-state index is 9.38. The number of hydrogen-bond acceptors (Lipinski definition) is 5. The molecule has 1 aromatic carbocycles. The van der Waals surface area contributed by atoms with Crippen molar-refractivity contribution >= 4 is 22.7 Å². The quantitative estimate of drug-likeness (QED) is 0.889. The fourth-order valence-corrected chi connectivity index (χ4v) is 3.08. The van der Waals surface area contributed by atoms with Crippen LogP contribution in [0.15, 0.2) is 24.3 Å². The summed E-state index contributed by atoms with van der Waals surface area (Å²) in [6, 6.07) is 8.34. The second-order valence-electron chi connectivity index (χ2n) is 5.28. The standard InChI is InChI=1S/C15H20N4O/c16-15-17-13-8-4-3-7-12(13)14(18-15)19(9-10-20)11-5-1-2-6-11/h3-4,7-8,11,20H,1-2,5-6,9-10H2,(H2,16,17,18). The summed E-state index contributed by atoms with van der Waals surface area (Å²) in [6.07, 6.45) is 4.78. The van der Waals surface area contributed by atoms with Crippen LogP contribution in [-0.2, 0) is 0 Å². The molecular formula is C15H20N4O. The number of fused-ring (bicyclic) bond motifs is 1. The summed E-state index contributed by atoms with van der Waals surface area (Å²) in [5, 5.41) is 10.4. The van der Waals surface area contributed by atoms with Gasteiger partial charge in [0.2, 0.25) is 5.95 Å². The fraction of sp³-hybridized carbons (Fsp3) is 0.467. The number of rotatable bonds is 4. The lowest BCUT2D eigenvalue weighted by atomic mass is 10.1. The largest absolute Gasteiger partial charge is 0.395 e. The van der Waals surface area contributed by atoms with Crippen molar-refractivity contribution in [3.05, 3.63) is 24.3 Å². The minimum absolute atomic E-state index is 0.120. The third-order valence-electron chi connectivity index (χ3n) is 3.98. The van der Waals surface area contributed by atoms with Crippen LogP contribution in [0.3, 0.4) is 0 Å². The molecule has 1 aliphatic rings. The highest BCUT2D eigenvalue weighted by atomic mass is 16.3. The van der Waals surface area contributed by atoms with E-state index in [0.717, 1.165) is 29.6 Å². The molecule has 0 atom stereocenters. The fourth-order valence-electron chi connectivity index (χ4n) is 3.08. The molecular weight excluding hydrogens is 252 g/mol. The third-order valence-corrected chi connectivity index (χ3v) is 3.98. The van der Waals surface area contributed by atoms with Crippen molar-refractivity contribution in [2.75, 3.05) is 23.8 Å². The molecule has 5 nitrogen and oxygen atoms in total. The molecule has 3 rings (SSSR count). The van der Waals surface area contributed by atoms with E-state index < -0.39 is 0 Å². The Labute approximate surface area is 118 Å². The van der Waals surface area contributed by atoms with Gasteiger partial charge in [-0.3, -0.25) is 0 Å². The molecule has 0 radical (unpaired) electrons. The van der Waals surface area contributed by atoms with Crippen LogP contribution in [0, 0.1) is 0 Å². The van der Waals surface area contributed by atoms with Crippen LogP contribution in [0.25, 0.3) is 10.9 Å². The summed E-state index contributed by atoms with van der Waals surface area (Å²) in [6.45, 7) is 0.708. The number of para-hydroxylation sites is 1. The number of aliphatic hydroxyl groups excluding tert-OH is 1. The third kappa shape index (κ3) is 2.41. The van der Waals surface area contributed by atoms with E-state index in [2.05, 4.69) is 14.9 Å². The van der Waals surface area contributed by atoms with Gasteiger partial charge in [0.25, 0.3) is 0 Å². The van der Waals surface area contributed by atoms with Crippen LogP contribution in [0.2, 0.25) is 0 Å². The molecule has 2 aromatic rings. The van der Waals surface area contributed by atoms with Crippen molar-refractivity contribution in [3.8, 4) is 0 Å². The van der Waals surface area contributed by atoms with Crippen molar-refractivity contribution in [1.29, 1.82) is 0 Å². The van der Waals surface area contributed by atoms with Crippen molar-refractivity contribution < 1.29 is 5.11 Å². The van der Waals surface area contributed by atoms with Crippen LogP contribution >= 0.6 is 0 Å². The normalized spacial score (nSPS) is 15.8. The van der Waals surface area contributed by atoms with Crippen molar-refractivity contribution in [1.82, 2.24) is 9.97 Å². The van der Waals surface area contributed by atoms with Crippen molar-refractivity contribution in [2.45, 2.75) is 31.7 Å². The topological polar surface area (TPSA) is 75.3 Å². The van der Waals surface area contributed by atoms with Gasteiger partial charge in [0.1, 0.15) is 5.82 Å². The van der Waals surface area contributed by atoms with E-state index in [1.54, 1.807) is 0 Å². The first-order chi connectivity index (χ1) is 9.79. The van der Waals surface area contributed by atoms with Gasteiger partial charge in [-0.15, -0.1) is 0 Å². The van der Waals surface area contributed by atoms with Crippen LogP contribution < -0.4 is 10.6 Å². The minimum Gasteiger partial charge on any atom is -0.395 e. The Balaban J connectivity index is 2.09. The second-order valence-corrected chi connectivity index (χ2v) is 5.28. The van der Waals surface area contributed by atoms with Gasteiger partial charge in [0.05, 0.1) is 12.1 Å². The Morgan fingerprint density at radius 1 is 1.20 bits per heavy atom. The summed E-state index contributed by atoms with van der Waals surface area (Å²) in [5.74, 6) is 1.15. The van der Waals surface area contributed by atoms with Crippen molar-refractivity contribution in [2.24, 2.45) is 0 Å². The predicted octanol–water partition coefficient (Wildman–Crippen LogP) is 1.95. The summed E-state index contributed by atoms with van der Waals surface area (Å²) in [4.78, 5) is 10.9. The molecule has 1 aliphatic carbocycles. The Hall–Kier alpha value is -1.88. The number of aromatic nitrogens is 2. The molecule has 0 spiro atoms. The SMILES string of the molecule is Nc1nc(N(CCO)C2CCCC2)c2ccccc2n1. The average Bonchev–Trinajstić information content (AvgIpc) is 2.98. The van der Waals surface area contributed by atoms with Gasteiger partial charge in [0.15, 0.2) is 0 Å². The monoisotopic (exact) mass is 272 g/mol. The van der Waals surface area contributed by atoms with Crippen LogP contribution in [0.4, 0.5) is 11.8 Å². The molecule has 3 N–H and O–H groups in total. The second kappa shape index (κ2) is 5.63. The Morgan fingerprint density at radius 2 is 1.95 bits per heavy atom. The van der Waals surface area contributed by atoms with Gasteiger partial charge in [-0.2, -0.15) is 4.98 Å². The highest BCUT2D eigenvalue weighted by Crippen LogP contribution is 2.31. The smallest absolute Gasteiger partial charge is 0.222 e. The summed E-state index contributed by atoms with van der Waals surface area (Å²) in [7, 11) is 0. The number of nitrogens with zero attached hydrogens (tertiary/aromatic N) is 3. The molecule has 0 bridgehead atoms. The summed E-state index contributed by atoms with van der Waals surface area (Å²) < 4.78 is 0. The van der Waals surface area contributed by atoms with Gasteiger partial charge in [0, 0.05) is 18.0 Å². The van der Waals surface area contributed by atoms with Gasteiger partial charge < -0.3 is 15.7 Å². The average molecular weight is 272 g/mol. The molecule has 0 amide bonds. The lowest BCUT2D eigenvalue weighted by Crippen LogP contribution is -2.36. The van der Waals surface area contributed by atoms with E-state index in [-0.39, 0.29) is 6.61 Å². The number of hydrogen-bond donors (Lipinski definition) is 2. The van der Waals surface area contributed by atoms with Crippen LogP contribution in [0.1, 0.15) is 25.7 Å². The van der Waals surface area contributed by atoms with E-state index in [1.165, 1.54) is 12.8 Å². The highest BCUT2D eigenvalue weighted by Gasteiger charge is 2.25. The van der Waals surface area contributed by atoms with Gasteiger partial charge in [-0.05, 0) is 25.0 Å². The number of anilines is 2. The van der Waals surface area contributed by atoms with Crippen LogP contribution in [0.5, 0.6) is 0 Å². The molecule has 0 unspecified atom stereocenters. The molecule has 1 saturated carbocycles. The van der Waals surface area contributed by atoms with Gasteiger partial charge >= 0.3 is 0 Å². The molecule has 0 aliphatic heterocycles. The van der Waals surface area contributed by atoms with Crippen molar-refractivity contribution in [3.63, 3.8) is 0 Å². The first kappa shape index (κ1) is 13.1. The lowest BCUT2D eigenvalue weighted by Gasteiger charge is -2.30. The van der Waals surface area contributed by atoms with E-state index in [4.69, 9.17) is 5.73 Å². The molecule has 20 heavy (non-hydrogen) atoms. The lowest BCUT2D eigenvalue weighted by molar-refractivity contribution is 0.297. The zero-order valence-corrected chi connectivity index (χ0v) is 11.5. The predicted molar refractivity (Wildman–Crippen MR) is 80.6 cm³/mol. The number of nitrogens with two attached hydrogens (primary N) is 1. The van der Waals surface area contributed by atoms with Gasteiger partial charge in [-0.1, -0.05) is 25.0 Å². The van der Waals surface area contributed by atoms with E-state index >= 15 is 0 Å². The molecule has 106 valence electrons. The first-order valence-corrected chi connectivity index (χ1v) is 7.19. The van der Waals surface area contributed by atoms with E-state index in [9.17, 15) is 5.11 Å². The maximum absolute atomic E-state index is 9.38. The maximum Gasteiger partial charge on any atom is 0.222 e. The summed E-state index contributed by atoms with van der Waals surface area (Å²) in [5.41, 5.74) is 6.70. The highest BCUT2D eigenvalue weighted by molar-refractivity contribution is 5.90. The zero-order chi connectivity index (χ0) is 13.9. The molecule has 1 aromatic heterocycles. The molecule has 1 heterocycles. The minimum atomic E-state index is 0.120. The number of aliphatic hydroxyl groups is 1. The Kier molecular flexibility index (Phi) is 3.69. The Morgan fingerprint density at radius 3 is 2.70 bits per heavy atom. The molecule has 0 saturated heterocycles. The molecule has 5 heteroatoms. The van der Waals surface area contributed by atoms with E-state index in [0.29, 0.717) is 18.5 Å². The summed E-state index contributed by atoms with van der Waals surface area (Å²) >= 11 is 0. The number of nitrogen functional groups attached to an aromatic ring is 1. The molecule has 1 fully saturated rings. The first-order valence-electron chi connectivity index (χ1n) is 7.19. The van der Waals surface area contributed by atoms with Crippen LogP contribution in [-0.4, -0.2) is 34.3 Å². The number of benzene rings is 1.